The third-order valence-electron chi connectivity index (χ3n) is 3.13. The van der Waals surface area contributed by atoms with Crippen LogP contribution in [0.2, 0.25) is 0 Å². The van der Waals surface area contributed by atoms with Gasteiger partial charge in [-0.3, -0.25) is 4.98 Å². The first-order valence-electron chi connectivity index (χ1n) is 5.97. The first kappa shape index (κ1) is 11.5. The fourth-order valence-corrected chi connectivity index (χ4v) is 2.77. The van der Waals surface area contributed by atoms with Crippen LogP contribution < -0.4 is 0 Å². The van der Waals surface area contributed by atoms with Gasteiger partial charge in [0.2, 0.25) is 0 Å². The van der Waals surface area contributed by atoms with Gasteiger partial charge in [-0.2, -0.15) is 0 Å². The molecule has 0 atom stereocenters. The van der Waals surface area contributed by atoms with E-state index in [1.165, 1.54) is 16.5 Å². The van der Waals surface area contributed by atoms with Gasteiger partial charge >= 0.3 is 0 Å². The summed E-state index contributed by atoms with van der Waals surface area (Å²) in [5.41, 5.74) is 2.59. The lowest BCUT2D eigenvalue weighted by Crippen LogP contribution is -1.99. The minimum absolute atomic E-state index is 0.982. The van der Waals surface area contributed by atoms with Crippen molar-refractivity contribution in [1.82, 2.24) is 9.55 Å². The molecule has 0 saturated heterocycles. The summed E-state index contributed by atoms with van der Waals surface area (Å²) in [4.78, 5) is 4.04. The van der Waals surface area contributed by atoms with Crippen LogP contribution in [0.3, 0.4) is 0 Å². The molecule has 18 heavy (non-hydrogen) atoms. The van der Waals surface area contributed by atoms with E-state index in [1.807, 2.05) is 12.4 Å². The summed E-state index contributed by atoms with van der Waals surface area (Å²) in [5, 5.41) is 1.27. The highest BCUT2D eigenvalue weighted by molar-refractivity contribution is 9.10. The number of rotatable bonds is 3. The maximum Gasteiger partial charge on any atom is 0.0492 e. The van der Waals surface area contributed by atoms with Crippen LogP contribution in [0.15, 0.2) is 59.5 Å². The van der Waals surface area contributed by atoms with Crippen LogP contribution in [0.5, 0.6) is 0 Å². The number of benzene rings is 1. The third kappa shape index (κ3) is 2.18. The zero-order chi connectivity index (χ0) is 12.4. The molecular weight excluding hydrogens is 288 g/mol. The van der Waals surface area contributed by atoms with Crippen molar-refractivity contribution in [3.63, 3.8) is 0 Å². The van der Waals surface area contributed by atoms with Gasteiger partial charge in [0.15, 0.2) is 0 Å². The monoisotopic (exact) mass is 300 g/mol. The molecule has 2 aromatic heterocycles. The van der Waals surface area contributed by atoms with E-state index >= 15 is 0 Å². The molecule has 0 amide bonds. The van der Waals surface area contributed by atoms with Crippen LogP contribution in [0.1, 0.15) is 5.56 Å². The Balaban J connectivity index is 1.87. The van der Waals surface area contributed by atoms with E-state index in [0.717, 1.165) is 17.4 Å². The third-order valence-corrected chi connectivity index (χ3v) is 3.76. The molecule has 0 aliphatic carbocycles. The molecule has 2 heterocycles. The Bertz CT molecular complexity index is 659. The van der Waals surface area contributed by atoms with Crippen molar-refractivity contribution in [2.75, 3.05) is 0 Å². The lowest BCUT2D eigenvalue weighted by Gasteiger charge is -2.05. The fourth-order valence-electron chi connectivity index (χ4n) is 2.19. The maximum absolute atomic E-state index is 4.04. The molecular formula is C15H13BrN2. The second-order valence-corrected chi connectivity index (χ2v) is 5.15. The highest BCUT2D eigenvalue weighted by Crippen LogP contribution is 2.26. The molecule has 3 aromatic rings. The Hall–Kier alpha value is -1.61. The van der Waals surface area contributed by atoms with E-state index < -0.39 is 0 Å². The quantitative estimate of drug-likeness (QED) is 0.714. The summed E-state index contributed by atoms with van der Waals surface area (Å²) in [6.07, 6.45) is 6.87. The Kier molecular flexibility index (Phi) is 3.15. The molecule has 0 saturated carbocycles. The molecule has 0 fully saturated rings. The Morgan fingerprint density at radius 2 is 1.83 bits per heavy atom. The Morgan fingerprint density at radius 1 is 1.06 bits per heavy atom. The largest absolute Gasteiger partial charge is 0.346 e. The van der Waals surface area contributed by atoms with E-state index in [9.17, 15) is 0 Å². The SMILES string of the molecule is Brc1cn(CCc2ccncc2)c2ccccc12. The molecule has 0 aliphatic rings. The lowest BCUT2D eigenvalue weighted by atomic mass is 10.2. The van der Waals surface area contributed by atoms with Gasteiger partial charge in [-0.25, -0.2) is 0 Å². The van der Waals surface area contributed by atoms with E-state index in [2.05, 4.69) is 68.1 Å². The maximum atomic E-state index is 4.04. The van der Waals surface area contributed by atoms with Gasteiger partial charge in [-0.1, -0.05) is 18.2 Å². The average molecular weight is 301 g/mol. The van der Waals surface area contributed by atoms with Crippen LogP contribution in [0.25, 0.3) is 10.9 Å². The lowest BCUT2D eigenvalue weighted by molar-refractivity contribution is 0.721. The molecule has 0 N–H and O–H groups in total. The normalized spacial score (nSPS) is 10.9. The van der Waals surface area contributed by atoms with E-state index in [-0.39, 0.29) is 0 Å². The topological polar surface area (TPSA) is 17.8 Å². The van der Waals surface area contributed by atoms with Gasteiger partial charge in [0.1, 0.15) is 0 Å². The van der Waals surface area contributed by atoms with Gasteiger partial charge in [0, 0.05) is 40.5 Å². The van der Waals surface area contributed by atoms with Crippen LogP contribution >= 0.6 is 15.9 Å². The fraction of sp³-hybridized carbons (Fsp3) is 0.133. The molecule has 0 bridgehead atoms. The summed E-state index contributed by atoms with van der Waals surface area (Å²) in [6, 6.07) is 12.6. The van der Waals surface area contributed by atoms with Crippen molar-refractivity contribution in [3.05, 3.63) is 65.0 Å². The first-order chi connectivity index (χ1) is 8.84. The number of pyridine rings is 1. The zero-order valence-corrected chi connectivity index (χ0v) is 11.5. The van der Waals surface area contributed by atoms with Crippen molar-refractivity contribution in [1.29, 1.82) is 0 Å². The molecule has 0 unspecified atom stereocenters. The summed E-state index contributed by atoms with van der Waals surface area (Å²) in [5.74, 6) is 0. The van der Waals surface area contributed by atoms with Crippen molar-refractivity contribution >= 4 is 26.8 Å². The molecule has 3 heteroatoms. The minimum Gasteiger partial charge on any atom is -0.346 e. The number of para-hydroxylation sites is 1. The first-order valence-corrected chi connectivity index (χ1v) is 6.76. The van der Waals surface area contributed by atoms with Crippen LogP contribution in [0.4, 0.5) is 0 Å². The predicted molar refractivity (Wildman–Crippen MR) is 77.6 cm³/mol. The van der Waals surface area contributed by atoms with E-state index in [4.69, 9.17) is 0 Å². The van der Waals surface area contributed by atoms with Crippen molar-refractivity contribution in [3.8, 4) is 0 Å². The number of fused-ring (bicyclic) bond motifs is 1. The van der Waals surface area contributed by atoms with Gasteiger partial charge in [-0.05, 0) is 46.1 Å². The molecule has 3 rings (SSSR count). The Morgan fingerprint density at radius 3 is 2.67 bits per heavy atom. The molecule has 0 radical (unpaired) electrons. The number of aryl methyl sites for hydroxylation is 2. The predicted octanol–water partition coefficient (Wildman–Crippen LogP) is 4.04. The molecule has 1 aromatic carbocycles. The number of nitrogens with zero attached hydrogens (tertiary/aromatic N) is 2. The summed E-state index contributed by atoms with van der Waals surface area (Å²) in [6.45, 7) is 0.982. The minimum atomic E-state index is 0.982. The van der Waals surface area contributed by atoms with Crippen molar-refractivity contribution in [2.45, 2.75) is 13.0 Å². The van der Waals surface area contributed by atoms with E-state index in [0.29, 0.717) is 0 Å². The van der Waals surface area contributed by atoms with Gasteiger partial charge in [0.05, 0.1) is 0 Å². The average Bonchev–Trinajstić information content (AvgIpc) is 2.75. The van der Waals surface area contributed by atoms with Crippen LogP contribution in [-0.4, -0.2) is 9.55 Å². The molecule has 90 valence electrons. The molecule has 0 spiro atoms. The number of aromatic nitrogens is 2. The van der Waals surface area contributed by atoms with Gasteiger partial charge < -0.3 is 4.57 Å². The van der Waals surface area contributed by atoms with Crippen molar-refractivity contribution < 1.29 is 0 Å². The number of hydrogen-bond acceptors (Lipinski definition) is 1. The zero-order valence-electron chi connectivity index (χ0n) is 9.88. The Labute approximate surface area is 114 Å². The molecule has 2 nitrogen and oxygen atoms in total. The number of hydrogen-bond donors (Lipinski definition) is 0. The standard InChI is InChI=1S/C15H13BrN2/c16-14-11-18(15-4-2-1-3-13(14)15)10-7-12-5-8-17-9-6-12/h1-6,8-9,11H,7,10H2. The highest BCUT2D eigenvalue weighted by atomic mass is 79.9. The summed E-state index contributed by atoms with van der Waals surface area (Å²) < 4.78 is 3.45. The highest BCUT2D eigenvalue weighted by Gasteiger charge is 2.05. The van der Waals surface area contributed by atoms with Gasteiger partial charge in [0.25, 0.3) is 0 Å². The van der Waals surface area contributed by atoms with E-state index in [1.54, 1.807) is 0 Å². The second kappa shape index (κ2) is 4.94. The van der Waals surface area contributed by atoms with Crippen LogP contribution in [-0.2, 0) is 13.0 Å². The van der Waals surface area contributed by atoms with Crippen molar-refractivity contribution in [2.24, 2.45) is 0 Å². The summed E-state index contributed by atoms with van der Waals surface area (Å²) >= 11 is 3.61. The van der Waals surface area contributed by atoms with Gasteiger partial charge in [-0.15, -0.1) is 0 Å². The van der Waals surface area contributed by atoms with Crippen LogP contribution in [0, 0.1) is 0 Å². The number of halogens is 1. The smallest absolute Gasteiger partial charge is 0.0492 e. The second-order valence-electron chi connectivity index (χ2n) is 4.29. The molecule has 0 aliphatic heterocycles. The summed E-state index contributed by atoms with van der Waals surface area (Å²) in [7, 11) is 0.